The monoisotopic (exact) mass is 184 g/mol. The maximum absolute atomic E-state index is 4.83. The van der Waals surface area contributed by atoms with E-state index in [0.29, 0.717) is 4.83 Å². The quantitative estimate of drug-likeness (QED) is 0.391. The van der Waals surface area contributed by atoms with Gasteiger partial charge >= 0.3 is 0 Å². The lowest BCUT2D eigenvalue weighted by molar-refractivity contribution is 0.177. The number of halogens is 1. The normalized spacial score (nSPS) is 18.9. The molecule has 0 aliphatic carbocycles. The highest BCUT2D eigenvalue weighted by Gasteiger charge is 2.05. The van der Waals surface area contributed by atoms with Gasteiger partial charge in [-0.3, -0.25) is 0 Å². The maximum Gasteiger partial charge on any atom is 0.112 e. The highest BCUT2D eigenvalue weighted by atomic mass is 79.9. The highest BCUT2D eigenvalue weighted by Crippen LogP contribution is 2.09. The van der Waals surface area contributed by atoms with Crippen LogP contribution in [0, 0.1) is 0 Å². The Morgan fingerprint density at radius 2 is 2.14 bits per heavy atom. The van der Waals surface area contributed by atoms with Gasteiger partial charge in [0.25, 0.3) is 0 Å². The first-order chi connectivity index (χ1) is 3.18. The Morgan fingerprint density at radius 1 is 1.71 bits per heavy atom. The molecule has 0 fully saturated rings. The summed E-state index contributed by atoms with van der Waals surface area (Å²) in [6.45, 7) is 1.99. The average Bonchev–Trinajstić information content (AvgIpc) is 1.65. The van der Waals surface area contributed by atoms with Gasteiger partial charge in [-0.15, -0.1) is 12.6 Å². The van der Waals surface area contributed by atoms with Crippen LogP contribution in [-0.2, 0) is 4.74 Å². The zero-order chi connectivity index (χ0) is 5.86. The molecule has 0 aliphatic heterocycles. The van der Waals surface area contributed by atoms with Gasteiger partial charge in [0.05, 0.1) is 0 Å². The summed E-state index contributed by atoms with van der Waals surface area (Å²) in [5, 5.41) is 0. The van der Waals surface area contributed by atoms with Crippen LogP contribution in [0.15, 0.2) is 0 Å². The molecule has 0 spiro atoms. The first-order valence-electron chi connectivity index (χ1n) is 2.03. The number of hydrogen-bond acceptors (Lipinski definition) is 2. The lowest BCUT2D eigenvalue weighted by atomic mass is 10.5. The molecule has 0 radical (unpaired) electrons. The van der Waals surface area contributed by atoms with Crippen LogP contribution in [0.3, 0.4) is 0 Å². The molecule has 44 valence electrons. The lowest BCUT2D eigenvalue weighted by Gasteiger charge is -2.08. The third kappa shape index (κ3) is 3.38. The summed E-state index contributed by atoms with van der Waals surface area (Å²) in [6, 6.07) is 0. The summed E-state index contributed by atoms with van der Waals surface area (Å²) in [5.74, 6) is 0. The summed E-state index contributed by atoms with van der Waals surface area (Å²) in [6.07, 6.45) is 0. The number of thiol groups is 1. The predicted octanol–water partition coefficient (Wildman–Crippen LogP) is 1.67. The van der Waals surface area contributed by atoms with Crippen molar-refractivity contribution in [1.29, 1.82) is 0 Å². The lowest BCUT2D eigenvalue weighted by Crippen LogP contribution is -2.11. The zero-order valence-corrected chi connectivity index (χ0v) is 6.87. The molecule has 0 saturated heterocycles. The Balaban J connectivity index is 3.14. The number of methoxy groups -OCH3 is 1. The van der Waals surface area contributed by atoms with Crippen molar-refractivity contribution in [2.45, 2.75) is 17.2 Å². The van der Waals surface area contributed by atoms with Gasteiger partial charge in [-0.2, -0.15) is 0 Å². The third-order valence-electron chi connectivity index (χ3n) is 0.634. The van der Waals surface area contributed by atoms with Crippen LogP contribution in [0.25, 0.3) is 0 Å². The fraction of sp³-hybridized carbons (Fsp3) is 1.00. The molecule has 0 bridgehead atoms. The fourth-order valence-corrected chi connectivity index (χ4v) is 0.403. The van der Waals surface area contributed by atoms with Gasteiger partial charge in [-0.1, -0.05) is 15.9 Å². The van der Waals surface area contributed by atoms with Gasteiger partial charge in [-0.25, -0.2) is 0 Å². The Hall–Kier alpha value is 0.790. The molecule has 0 amide bonds. The first-order valence-corrected chi connectivity index (χ1v) is 3.46. The molecule has 0 aromatic heterocycles. The number of alkyl halides is 1. The largest absolute Gasteiger partial charge is 0.370 e. The molecule has 0 heterocycles. The van der Waals surface area contributed by atoms with Crippen LogP contribution in [0.2, 0.25) is 0 Å². The van der Waals surface area contributed by atoms with E-state index in [2.05, 4.69) is 28.6 Å². The van der Waals surface area contributed by atoms with Gasteiger partial charge in [0.15, 0.2) is 0 Å². The Morgan fingerprint density at radius 3 is 2.14 bits per heavy atom. The van der Waals surface area contributed by atoms with Crippen LogP contribution in [0.5, 0.6) is 0 Å². The average molecular weight is 185 g/mol. The zero-order valence-electron chi connectivity index (χ0n) is 4.39. The molecule has 0 rings (SSSR count). The van der Waals surface area contributed by atoms with Gasteiger partial charge in [0.1, 0.15) is 5.44 Å². The Kier molecular flexibility index (Phi) is 4.17. The van der Waals surface area contributed by atoms with E-state index in [1.807, 2.05) is 6.92 Å². The maximum atomic E-state index is 4.83. The summed E-state index contributed by atoms with van der Waals surface area (Å²) < 4.78 is 4.83. The molecule has 0 aromatic carbocycles. The highest BCUT2D eigenvalue weighted by molar-refractivity contribution is 9.09. The minimum absolute atomic E-state index is 0.0139. The fourth-order valence-electron chi connectivity index (χ4n) is 0.188. The minimum atomic E-state index is 0.0139. The number of ether oxygens (including phenoxy) is 1. The second-order valence-electron chi connectivity index (χ2n) is 1.30. The van der Waals surface area contributed by atoms with Crippen molar-refractivity contribution in [3.63, 3.8) is 0 Å². The predicted molar refractivity (Wildman–Crippen MR) is 38.2 cm³/mol. The first kappa shape index (κ1) is 7.79. The molecular weight excluding hydrogens is 176 g/mol. The van der Waals surface area contributed by atoms with Crippen molar-refractivity contribution in [3.05, 3.63) is 0 Å². The summed E-state index contributed by atoms with van der Waals surface area (Å²) in [7, 11) is 1.63. The topological polar surface area (TPSA) is 9.23 Å². The third-order valence-corrected chi connectivity index (χ3v) is 2.18. The Bertz CT molecular complexity index is 49.0. The van der Waals surface area contributed by atoms with Crippen LogP contribution in [-0.4, -0.2) is 17.4 Å². The van der Waals surface area contributed by atoms with Crippen molar-refractivity contribution in [2.75, 3.05) is 7.11 Å². The molecule has 1 nitrogen and oxygen atoms in total. The van der Waals surface area contributed by atoms with Crippen molar-refractivity contribution >= 4 is 28.6 Å². The van der Waals surface area contributed by atoms with Crippen LogP contribution in [0.1, 0.15) is 6.92 Å². The molecule has 7 heavy (non-hydrogen) atoms. The molecule has 1 unspecified atom stereocenters. The van der Waals surface area contributed by atoms with E-state index in [1.165, 1.54) is 0 Å². The molecule has 0 aromatic rings. The van der Waals surface area contributed by atoms with Crippen LogP contribution in [0.4, 0.5) is 0 Å². The van der Waals surface area contributed by atoms with Crippen LogP contribution < -0.4 is 0 Å². The van der Waals surface area contributed by atoms with Crippen LogP contribution >= 0.6 is 28.6 Å². The number of rotatable bonds is 2. The van der Waals surface area contributed by atoms with E-state index in [4.69, 9.17) is 4.74 Å². The summed E-state index contributed by atoms with van der Waals surface area (Å²) >= 11 is 7.35. The minimum Gasteiger partial charge on any atom is -0.370 e. The van der Waals surface area contributed by atoms with E-state index in [0.717, 1.165) is 0 Å². The van der Waals surface area contributed by atoms with E-state index in [9.17, 15) is 0 Å². The second kappa shape index (κ2) is 3.75. The SMILES string of the molecule is COC(S)[C@@H](C)Br. The van der Waals surface area contributed by atoms with E-state index < -0.39 is 0 Å². The van der Waals surface area contributed by atoms with Gasteiger partial charge in [0, 0.05) is 11.9 Å². The second-order valence-corrected chi connectivity index (χ2v) is 3.26. The molecule has 0 saturated carbocycles. The van der Waals surface area contributed by atoms with E-state index in [1.54, 1.807) is 7.11 Å². The van der Waals surface area contributed by atoms with E-state index in [-0.39, 0.29) is 5.44 Å². The van der Waals surface area contributed by atoms with Crippen molar-refractivity contribution in [2.24, 2.45) is 0 Å². The van der Waals surface area contributed by atoms with E-state index >= 15 is 0 Å². The van der Waals surface area contributed by atoms with Gasteiger partial charge < -0.3 is 4.74 Å². The van der Waals surface area contributed by atoms with Crippen molar-refractivity contribution in [3.8, 4) is 0 Å². The van der Waals surface area contributed by atoms with Crippen molar-refractivity contribution < 1.29 is 4.74 Å². The molecule has 0 N–H and O–H groups in total. The summed E-state index contributed by atoms with van der Waals surface area (Å²) in [5.41, 5.74) is 0.0139. The molecule has 3 heteroatoms. The summed E-state index contributed by atoms with van der Waals surface area (Å²) in [4.78, 5) is 0.320. The van der Waals surface area contributed by atoms with Gasteiger partial charge in [0.2, 0.25) is 0 Å². The van der Waals surface area contributed by atoms with Gasteiger partial charge in [-0.05, 0) is 6.92 Å². The smallest absolute Gasteiger partial charge is 0.112 e. The molecule has 2 atom stereocenters. The number of hydrogen-bond donors (Lipinski definition) is 1. The standard InChI is InChI=1S/C4H9BrOS/c1-3(5)4(7)6-2/h3-4,7H,1-2H3/t3-,4?/m1/s1. The Labute approximate surface area is 58.0 Å². The molecular formula is C4H9BrOS. The molecule has 0 aliphatic rings. The van der Waals surface area contributed by atoms with Crippen molar-refractivity contribution in [1.82, 2.24) is 0 Å².